The number of hydrogen-bond donors (Lipinski definition) is 3. The summed E-state index contributed by atoms with van der Waals surface area (Å²) < 4.78 is 10.7. The summed E-state index contributed by atoms with van der Waals surface area (Å²) in [6.45, 7) is 5.60. The number of H-pyrrole nitrogens is 1. The maximum atomic E-state index is 12.8. The van der Waals surface area contributed by atoms with E-state index < -0.39 is 0 Å². The molecule has 0 unspecified atom stereocenters. The first-order valence-electron chi connectivity index (χ1n) is 11.3. The van der Waals surface area contributed by atoms with E-state index in [0.29, 0.717) is 48.2 Å². The molecule has 0 amide bonds. The second-order valence-electron chi connectivity index (χ2n) is 8.28. The lowest BCUT2D eigenvalue weighted by Crippen LogP contribution is -2.41. The Morgan fingerprint density at radius 1 is 1.09 bits per heavy atom. The summed E-state index contributed by atoms with van der Waals surface area (Å²) in [6, 6.07) is 11.9. The molecule has 182 valence electrons. The highest BCUT2D eigenvalue weighted by Crippen LogP contribution is 2.27. The van der Waals surface area contributed by atoms with Crippen LogP contribution in [0.4, 0.5) is 0 Å². The van der Waals surface area contributed by atoms with E-state index in [9.17, 15) is 9.90 Å². The number of aliphatic hydroxyl groups excluding tert-OH is 1. The van der Waals surface area contributed by atoms with Gasteiger partial charge in [-0.2, -0.15) is 0 Å². The summed E-state index contributed by atoms with van der Waals surface area (Å²) in [5, 5.41) is 14.2. The van der Waals surface area contributed by atoms with Gasteiger partial charge in [-0.1, -0.05) is 18.2 Å². The summed E-state index contributed by atoms with van der Waals surface area (Å²) in [7, 11) is 3.23. The van der Waals surface area contributed by atoms with Gasteiger partial charge in [-0.3, -0.25) is 4.79 Å². The van der Waals surface area contributed by atoms with Crippen LogP contribution in [-0.2, 0) is 13.0 Å². The number of aromatic amines is 1. The Kier molecular flexibility index (Phi) is 8.90. The first-order valence-corrected chi connectivity index (χ1v) is 11.8. The van der Waals surface area contributed by atoms with E-state index in [0.717, 1.165) is 34.0 Å². The molecule has 1 aromatic heterocycles. The molecular formula is C26H33N3O4S. The number of benzene rings is 2. The molecule has 0 radical (unpaired) electrons. The fourth-order valence-electron chi connectivity index (χ4n) is 3.92. The van der Waals surface area contributed by atoms with E-state index in [-0.39, 0.29) is 12.2 Å². The zero-order valence-electron chi connectivity index (χ0n) is 20.2. The van der Waals surface area contributed by atoms with Crippen LogP contribution in [0.3, 0.4) is 0 Å². The number of nitrogens with one attached hydrogen (secondary N) is 2. The van der Waals surface area contributed by atoms with Crippen molar-refractivity contribution in [3.8, 4) is 11.5 Å². The zero-order chi connectivity index (χ0) is 24.7. The summed E-state index contributed by atoms with van der Waals surface area (Å²) in [5.74, 6) is 1.38. The molecule has 0 fully saturated rings. The molecule has 3 aromatic rings. The number of ether oxygens (including phenoxy) is 2. The van der Waals surface area contributed by atoms with Gasteiger partial charge in [0, 0.05) is 30.6 Å². The van der Waals surface area contributed by atoms with Crippen molar-refractivity contribution in [1.82, 2.24) is 15.2 Å². The molecule has 0 aliphatic rings. The van der Waals surface area contributed by atoms with Gasteiger partial charge in [0.1, 0.15) is 0 Å². The van der Waals surface area contributed by atoms with E-state index in [1.165, 1.54) is 0 Å². The van der Waals surface area contributed by atoms with Crippen molar-refractivity contribution in [1.29, 1.82) is 0 Å². The second kappa shape index (κ2) is 11.9. The summed E-state index contributed by atoms with van der Waals surface area (Å²) in [5.41, 5.74) is 4.62. The minimum Gasteiger partial charge on any atom is -0.493 e. The third kappa shape index (κ3) is 6.07. The van der Waals surface area contributed by atoms with Gasteiger partial charge < -0.3 is 29.8 Å². The van der Waals surface area contributed by atoms with Crippen molar-refractivity contribution in [2.75, 3.05) is 33.9 Å². The number of aliphatic hydroxyl groups is 1. The average Bonchev–Trinajstić information content (AvgIpc) is 2.84. The molecule has 1 heterocycles. The Bertz CT molecular complexity index is 1210. The Morgan fingerprint density at radius 2 is 1.82 bits per heavy atom. The topological polar surface area (TPSA) is 86.8 Å². The summed E-state index contributed by atoms with van der Waals surface area (Å²) >= 11 is 5.65. The summed E-state index contributed by atoms with van der Waals surface area (Å²) in [4.78, 5) is 17.8. The fourth-order valence-corrected chi connectivity index (χ4v) is 4.17. The molecule has 0 bridgehead atoms. The van der Waals surface area contributed by atoms with Crippen LogP contribution >= 0.6 is 12.2 Å². The fraction of sp³-hybridized carbons (Fsp3) is 0.385. The predicted octanol–water partition coefficient (Wildman–Crippen LogP) is 3.46. The first kappa shape index (κ1) is 25.5. The van der Waals surface area contributed by atoms with Gasteiger partial charge in [0.2, 0.25) is 0 Å². The van der Waals surface area contributed by atoms with Gasteiger partial charge >= 0.3 is 0 Å². The standard InChI is InChI=1S/C26H33N3O4S/c1-17-6-7-18(2)24-21(17)15-20(25(31)28-24)16-29(12-5-13-30)26(34)27-11-10-19-8-9-22(32-3)23(14-19)33-4/h6-9,14-15,30H,5,10-13,16H2,1-4H3,(H,27,34)(H,28,31). The average molecular weight is 484 g/mol. The largest absolute Gasteiger partial charge is 0.493 e. The van der Waals surface area contributed by atoms with Crippen LogP contribution in [0.2, 0.25) is 0 Å². The molecule has 0 aliphatic heterocycles. The van der Waals surface area contributed by atoms with Gasteiger partial charge in [0.25, 0.3) is 5.56 Å². The van der Waals surface area contributed by atoms with Crippen molar-refractivity contribution >= 4 is 28.2 Å². The van der Waals surface area contributed by atoms with E-state index >= 15 is 0 Å². The number of rotatable bonds is 10. The van der Waals surface area contributed by atoms with E-state index in [4.69, 9.17) is 21.7 Å². The monoisotopic (exact) mass is 483 g/mol. The highest BCUT2D eigenvalue weighted by molar-refractivity contribution is 7.80. The molecule has 2 aromatic carbocycles. The molecule has 7 nitrogen and oxygen atoms in total. The lowest BCUT2D eigenvalue weighted by atomic mass is 10.0. The predicted molar refractivity (Wildman–Crippen MR) is 140 cm³/mol. The van der Waals surface area contributed by atoms with Crippen molar-refractivity contribution in [2.24, 2.45) is 0 Å². The van der Waals surface area contributed by atoms with Gasteiger partial charge in [0.15, 0.2) is 16.6 Å². The number of pyridine rings is 1. The van der Waals surface area contributed by atoms with Gasteiger partial charge in [-0.15, -0.1) is 0 Å². The SMILES string of the molecule is COc1ccc(CCNC(=S)N(CCCO)Cc2cc3c(C)ccc(C)c3[nH]c2=O)cc1OC. The quantitative estimate of drug-likeness (QED) is 0.381. The molecule has 0 saturated heterocycles. The van der Waals surface area contributed by atoms with Crippen LogP contribution in [0.15, 0.2) is 41.2 Å². The maximum Gasteiger partial charge on any atom is 0.253 e. The number of aromatic nitrogens is 1. The lowest BCUT2D eigenvalue weighted by molar-refractivity contribution is 0.264. The van der Waals surface area contributed by atoms with Crippen LogP contribution < -0.4 is 20.3 Å². The molecule has 3 rings (SSSR count). The van der Waals surface area contributed by atoms with E-state index in [1.807, 2.05) is 49.1 Å². The zero-order valence-corrected chi connectivity index (χ0v) is 21.1. The number of fused-ring (bicyclic) bond motifs is 1. The van der Waals surface area contributed by atoms with Crippen molar-refractivity contribution in [3.05, 3.63) is 69.0 Å². The van der Waals surface area contributed by atoms with Crippen molar-refractivity contribution < 1.29 is 14.6 Å². The van der Waals surface area contributed by atoms with Crippen LogP contribution in [0.5, 0.6) is 11.5 Å². The van der Waals surface area contributed by atoms with E-state index in [2.05, 4.69) is 16.4 Å². The molecule has 0 spiro atoms. The first-order chi connectivity index (χ1) is 16.4. The third-order valence-corrected chi connectivity index (χ3v) is 6.30. The number of methoxy groups -OCH3 is 2. The normalized spacial score (nSPS) is 10.9. The number of aryl methyl sites for hydroxylation is 2. The molecule has 3 N–H and O–H groups in total. The van der Waals surface area contributed by atoms with Crippen molar-refractivity contribution in [3.63, 3.8) is 0 Å². The molecule has 0 aliphatic carbocycles. The number of thiocarbonyl (C=S) groups is 1. The molecule has 8 heteroatoms. The lowest BCUT2D eigenvalue weighted by Gasteiger charge is -2.26. The van der Waals surface area contributed by atoms with Gasteiger partial charge in [0.05, 0.1) is 26.3 Å². The molecule has 34 heavy (non-hydrogen) atoms. The Hall–Kier alpha value is -3.10. The Labute approximate surface area is 205 Å². The smallest absolute Gasteiger partial charge is 0.253 e. The molecule has 0 atom stereocenters. The summed E-state index contributed by atoms with van der Waals surface area (Å²) in [6.07, 6.45) is 1.30. The minimum atomic E-state index is -0.122. The van der Waals surface area contributed by atoms with Crippen molar-refractivity contribution in [2.45, 2.75) is 33.2 Å². The van der Waals surface area contributed by atoms with Crippen LogP contribution in [0.1, 0.15) is 28.7 Å². The molecule has 0 saturated carbocycles. The maximum absolute atomic E-state index is 12.8. The highest BCUT2D eigenvalue weighted by Gasteiger charge is 2.14. The highest BCUT2D eigenvalue weighted by atomic mass is 32.1. The van der Waals surface area contributed by atoms with Crippen LogP contribution in [-0.4, -0.2) is 54.0 Å². The van der Waals surface area contributed by atoms with Crippen LogP contribution in [0, 0.1) is 13.8 Å². The van der Waals surface area contributed by atoms with Gasteiger partial charge in [-0.05, 0) is 73.8 Å². The van der Waals surface area contributed by atoms with Gasteiger partial charge in [-0.25, -0.2) is 0 Å². The number of hydrogen-bond acceptors (Lipinski definition) is 5. The molecular weight excluding hydrogens is 450 g/mol. The number of nitrogens with zero attached hydrogens (tertiary/aromatic N) is 1. The van der Waals surface area contributed by atoms with Crippen LogP contribution in [0.25, 0.3) is 10.9 Å². The Morgan fingerprint density at radius 3 is 2.53 bits per heavy atom. The van der Waals surface area contributed by atoms with E-state index in [1.54, 1.807) is 14.2 Å². The third-order valence-electron chi connectivity index (χ3n) is 5.89. The minimum absolute atomic E-state index is 0.0527. The Balaban J connectivity index is 1.72. The second-order valence-corrected chi connectivity index (χ2v) is 8.67.